The molecule has 0 bridgehead atoms. The first-order chi connectivity index (χ1) is 10.2. The summed E-state index contributed by atoms with van der Waals surface area (Å²) in [5.74, 6) is 0.758. The Labute approximate surface area is 123 Å². The zero-order chi connectivity index (χ0) is 14.8. The van der Waals surface area contributed by atoms with Gasteiger partial charge >= 0.3 is 0 Å². The molecule has 5 heteroatoms. The van der Waals surface area contributed by atoms with Crippen LogP contribution >= 0.6 is 0 Å². The van der Waals surface area contributed by atoms with Crippen LogP contribution in [0.1, 0.15) is 27.7 Å². The molecule has 1 amide bonds. The van der Waals surface area contributed by atoms with Crippen LogP contribution in [0, 0.1) is 12.8 Å². The van der Waals surface area contributed by atoms with E-state index in [9.17, 15) is 4.79 Å². The third kappa shape index (κ3) is 2.69. The van der Waals surface area contributed by atoms with Crippen LogP contribution in [0.3, 0.4) is 0 Å². The predicted octanol–water partition coefficient (Wildman–Crippen LogP) is 1.80. The minimum absolute atomic E-state index is 0.104. The summed E-state index contributed by atoms with van der Waals surface area (Å²) in [4.78, 5) is 14.3. The van der Waals surface area contributed by atoms with E-state index >= 15 is 0 Å². The fourth-order valence-corrected chi connectivity index (χ4v) is 2.97. The van der Waals surface area contributed by atoms with E-state index in [1.807, 2.05) is 23.1 Å². The Morgan fingerprint density at radius 3 is 2.76 bits per heavy atom. The van der Waals surface area contributed by atoms with Crippen LogP contribution in [-0.2, 0) is 0 Å². The lowest BCUT2D eigenvalue weighted by Gasteiger charge is -2.16. The molecule has 21 heavy (non-hydrogen) atoms. The van der Waals surface area contributed by atoms with Gasteiger partial charge in [0.15, 0.2) is 0 Å². The van der Waals surface area contributed by atoms with Gasteiger partial charge in [0.1, 0.15) is 0 Å². The van der Waals surface area contributed by atoms with Gasteiger partial charge in [-0.15, -0.1) is 0 Å². The highest BCUT2D eigenvalue weighted by Crippen LogP contribution is 2.32. The van der Waals surface area contributed by atoms with Crippen LogP contribution in [0.4, 0.5) is 0 Å². The smallest absolute Gasteiger partial charge is 0.292 e. The molecule has 2 heterocycles. The van der Waals surface area contributed by atoms with Gasteiger partial charge < -0.3 is 15.2 Å². The summed E-state index contributed by atoms with van der Waals surface area (Å²) >= 11 is 0. The van der Waals surface area contributed by atoms with Crippen molar-refractivity contribution in [1.29, 1.82) is 0 Å². The maximum Gasteiger partial charge on any atom is 0.292 e. The van der Waals surface area contributed by atoms with Crippen LogP contribution in [-0.4, -0.2) is 35.6 Å². The second kappa shape index (κ2) is 5.69. The highest BCUT2D eigenvalue weighted by Gasteiger charge is 2.36. The fraction of sp³-hybridized carbons (Fsp3) is 0.375. The van der Waals surface area contributed by atoms with Gasteiger partial charge in [-0.3, -0.25) is 4.79 Å². The van der Waals surface area contributed by atoms with Crippen LogP contribution in [0.15, 0.2) is 40.9 Å². The van der Waals surface area contributed by atoms with E-state index in [-0.39, 0.29) is 17.7 Å². The zero-order valence-corrected chi connectivity index (χ0v) is 12.0. The van der Waals surface area contributed by atoms with E-state index in [1.165, 1.54) is 5.56 Å². The van der Waals surface area contributed by atoms with E-state index in [0.717, 1.165) is 0 Å². The van der Waals surface area contributed by atoms with Crippen molar-refractivity contribution in [2.45, 2.75) is 12.8 Å². The van der Waals surface area contributed by atoms with Crippen molar-refractivity contribution in [1.82, 2.24) is 10.1 Å². The monoisotopic (exact) mass is 285 g/mol. The summed E-state index contributed by atoms with van der Waals surface area (Å²) in [5.41, 5.74) is 7.84. The van der Waals surface area contributed by atoms with Crippen molar-refractivity contribution in [3.8, 4) is 0 Å². The van der Waals surface area contributed by atoms with Crippen LogP contribution < -0.4 is 5.73 Å². The number of hydrogen-bond acceptors (Lipinski definition) is 4. The maximum absolute atomic E-state index is 12.4. The lowest BCUT2D eigenvalue weighted by Crippen LogP contribution is -2.29. The molecule has 1 fully saturated rings. The molecule has 0 unspecified atom stereocenters. The van der Waals surface area contributed by atoms with Gasteiger partial charge in [-0.25, -0.2) is 0 Å². The highest BCUT2D eigenvalue weighted by atomic mass is 16.5. The van der Waals surface area contributed by atoms with Crippen molar-refractivity contribution in [3.63, 3.8) is 0 Å². The second-order valence-corrected chi connectivity index (χ2v) is 5.56. The molecule has 1 saturated heterocycles. The normalized spacial score (nSPS) is 21.7. The lowest BCUT2D eigenvalue weighted by molar-refractivity contribution is 0.0745. The third-order valence-electron chi connectivity index (χ3n) is 4.10. The van der Waals surface area contributed by atoms with Crippen LogP contribution in [0.25, 0.3) is 0 Å². The van der Waals surface area contributed by atoms with Crippen molar-refractivity contribution in [2.24, 2.45) is 11.7 Å². The van der Waals surface area contributed by atoms with Gasteiger partial charge in [0.2, 0.25) is 5.76 Å². The number of amides is 1. The molecule has 1 aliphatic heterocycles. The Hall–Kier alpha value is -2.14. The zero-order valence-electron chi connectivity index (χ0n) is 12.0. The van der Waals surface area contributed by atoms with E-state index in [0.29, 0.717) is 31.1 Å². The van der Waals surface area contributed by atoms with Gasteiger partial charge in [-0.2, -0.15) is 0 Å². The number of aryl methyl sites for hydroxylation is 1. The van der Waals surface area contributed by atoms with Gasteiger partial charge in [0, 0.05) is 25.1 Å². The molecule has 0 spiro atoms. The number of hydrogen-bond donors (Lipinski definition) is 1. The Morgan fingerprint density at radius 1 is 1.38 bits per heavy atom. The Kier molecular flexibility index (Phi) is 3.75. The number of nitrogens with zero attached hydrogens (tertiary/aromatic N) is 2. The average molecular weight is 285 g/mol. The van der Waals surface area contributed by atoms with Crippen molar-refractivity contribution in [2.75, 3.05) is 19.6 Å². The van der Waals surface area contributed by atoms with Crippen molar-refractivity contribution >= 4 is 5.91 Å². The predicted molar refractivity (Wildman–Crippen MR) is 78.9 cm³/mol. The number of aromatic nitrogens is 1. The molecule has 1 aromatic heterocycles. The van der Waals surface area contributed by atoms with E-state index in [2.05, 4.69) is 17.3 Å². The minimum atomic E-state index is -0.104. The summed E-state index contributed by atoms with van der Waals surface area (Å²) in [6, 6.07) is 11.9. The van der Waals surface area contributed by atoms with Crippen molar-refractivity contribution < 1.29 is 9.32 Å². The summed E-state index contributed by atoms with van der Waals surface area (Å²) in [6.45, 7) is 3.71. The SMILES string of the molecule is Cc1cc(C(=O)N2C[C@@H](CN)[C@H](c3ccccc3)C2)on1. The van der Waals surface area contributed by atoms with Gasteiger partial charge in [-0.1, -0.05) is 35.5 Å². The first kappa shape index (κ1) is 13.8. The Morgan fingerprint density at radius 2 is 2.14 bits per heavy atom. The largest absolute Gasteiger partial charge is 0.351 e. The number of rotatable bonds is 3. The highest BCUT2D eigenvalue weighted by molar-refractivity contribution is 5.91. The number of nitrogens with two attached hydrogens (primary N) is 1. The number of carbonyl (C=O) groups is 1. The first-order valence-corrected chi connectivity index (χ1v) is 7.16. The quantitative estimate of drug-likeness (QED) is 0.933. The Balaban J connectivity index is 1.79. The molecular weight excluding hydrogens is 266 g/mol. The number of benzene rings is 1. The lowest BCUT2D eigenvalue weighted by atomic mass is 9.89. The standard InChI is InChI=1S/C16H19N3O2/c1-11-7-15(21-18-11)16(20)19-9-13(8-17)14(10-19)12-5-3-2-4-6-12/h2-7,13-14H,8-10,17H2,1H3/t13-,14+/m1/s1. The molecule has 0 saturated carbocycles. The summed E-state index contributed by atoms with van der Waals surface area (Å²) in [6.07, 6.45) is 0. The van der Waals surface area contributed by atoms with E-state index < -0.39 is 0 Å². The molecule has 2 N–H and O–H groups in total. The average Bonchev–Trinajstić information content (AvgIpc) is 3.13. The summed E-state index contributed by atoms with van der Waals surface area (Å²) in [7, 11) is 0. The molecule has 5 nitrogen and oxygen atoms in total. The van der Waals surface area contributed by atoms with E-state index in [1.54, 1.807) is 13.0 Å². The van der Waals surface area contributed by atoms with Crippen LogP contribution in [0.5, 0.6) is 0 Å². The molecule has 3 rings (SSSR count). The topological polar surface area (TPSA) is 72.4 Å². The Bertz CT molecular complexity index is 623. The molecular formula is C16H19N3O2. The fourth-order valence-electron chi connectivity index (χ4n) is 2.97. The van der Waals surface area contributed by atoms with E-state index in [4.69, 9.17) is 10.3 Å². The first-order valence-electron chi connectivity index (χ1n) is 7.16. The second-order valence-electron chi connectivity index (χ2n) is 5.56. The summed E-state index contributed by atoms with van der Waals surface area (Å²) < 4.78 is 5.08. The molecule has 2 aromatic rings. The molecule has 2 atom stereocenters. The molecule has 110 valence electrons. The van der Waals surface area contributed by atoms with Gasteiger partial charge in [-0.05, 0) is 24.9 Å². The third-order valence-corrected chi connectivity index (χ3v) is 4.10. The molecule has 1 aliphatic rings. The van der Waals surface area contributed by atoms with Crippen LogP contribution in [0.2, 0.25) is 0 Å². The van der Waals surface area contributed by atoms with Crippen molar-refractivity contribution in [3.05, 3.63) is 53.4 Å². The molecule has 0 radical (unpaired) electrons. The number of likely N-dealkylation sites (tertiary alicyclic amines) is 1. The van der Waals surface area contributed by atoms with Gasteiger partial charge in [0.25, 0.3) is 5.91 Å². The van der Waals surface area contributed by atoms with Gasteiger partial charge in [0.05, 0.1) is 5.69 Å². The summed E-state index contributed by atoms with van der Waals surface area (Å²) in [5, 5.41) is 3.78. The molecule has 1 aromatic carbocycles. The maximum atomic E-state index is 12.4. The molecule has 0 aliphatic carbocycles. The number of carbonyl (C=O) groups excluding carboxylic acids is 1. The minimum Gasteiger partial charge on any atom is -0.351 e.